The molecule has 1 aromatic rings. The van der Waals surface area contributed by atoms with E-state index in [4.69, 9.17) is 28.7 Å². The number of hydrogen-bond donors (Lipinski definition) is 5. The molecule has 0 unspecified atom stereocenters. The smallest absolute Gasteiger partial charge is 0.191 e. The number of rotatable bonds is 3. The lowest BCUT2D eigenvalue weighted by Gasteiger charge is -2.06. The van der Waals surface area contributed by atoms with Gasteiger partial charge in [0.05, 0.1) is 11.4 Å². The molecule has 0 heterocycles. The van der Waals surface area contributed by atoms with E-state index in [1.165, 1.54) is 0 Å². The molecule has 0 saturated carbocycles. The van der Waals surface area contributed by atoms with Crippen molar-refractivity contribution < 1.29 is 0 Å². The predicted molar refractivity (Wildman–Crippen MR) is 72.5 cm³/mol. The highest BCUT2D eigenvalue weighted by Crippen LogP contribution is 2.31. The minimum Gasteiger partial charge on any atom is -0.370 e. The van der Waals surface area contributed by atoms with Gasteiger partial charge in [-0.3, -0.25) is 0 Å². The fourth-order valence-corrected chi connectivity index (χ4v) is 1.23. The van der Waals surface area contributed by atoms with Gasteiger partial charge >= 0.3 is 0 Å². The lowest BCUT2D eigenvalue weighted by molar-refractivity contribution is 1.07. The molecule has 1 rings (SSSR count). The van der Waals surface area contributed by atoms with Crippen molar-refractivity contribution in [2.45, 2.75) is 6.54 Å². The summed E-state index contributed by atoms with van der Waals surface area (Å²) in [5.74, 6) is -0.144. The Morgan fingerprint density at radius 2 is 1.59 bits per heavy atom. The summed E-state index contributed by atoms with van der Waals surface area (Å²) in [6, 6.07) is 5.27. The first-order valence-electron chi connectivity index (χ1n) is 4.55. The lowest BCUT2D eigenvalue weighted by atomic mass is 10.1. The molecule has 0 aliphatic heterocycles. The number of aliphatic imine (C=N–C) groups is 2. The summed E-state index contributed by atoms with van der Waals surface area (Å²) in [7, 11) is 0. The second kappa shape index (κ2) is 6.56. The van der Waals surface area contributed by atoms with Crippen molar-refractivity contribution >= 4 is 35.7 Å². The average Bonchev–Trinajstić information content (AvgIpc) is 2.19. The standard InChI is InChI=1S/C9H15N7.ClH/c10-4-5-2-1-3-6(15-8(11)12)7(5)16-9(13)14;/h1-3H,4,10H2,(H4,11,12,15)(H4,13,14,16);1H. The fourth-order valence-electron chi connectivity index (χ4n) is 1.23. The van der Waals surface area contributed by atoms with Crippen LogP contribution in [0.3, 0.4) is 0 Å². The number of halogens is 1. The molecule has 0 saturated heterocycles. The molecule has 8 heteroatoms. The van der Waals surface area contributed by atoms with Gasteiger partial charge in [-0.05, 0) is 11.6 Å². The van der Waals surface area contributed by atoms with Gasteiger partial charge < -0.3 is 28.7 Å². The topological polar surface area (TPSA) is 155 Å². The van der Waals surface area contributed by atoms with Gasteiger partial charge in [0.15, 0.2) is 11.9 Å². The minimum absolute atomic E-state index is 0. The van der Waals surface area contributed by atoms with Gasteiger partial charge in [-0.1, -0.05) is 12.1 Å². The molecule has 0 radical (unpaired) electrons. The van der Waals surface area contributed by atoms with Crippen LogP contribution in [0.2, 0.25) is 0 Å². The third kappa shape index (κ3) is 4.17. The third-order valence-electron chi connectivity index (χ3n) is 1.81. The Bertz CT molecular complexity index is 433. The van der Waals surface area contributed by atoms with Gasteiger partial charge in [-0.2, -0.15) is 0 Å². The van der Waals surface area contributed by atoms with Crippen molar-refractivity contribution in [2.75, 3.05) is 0 Å². The molecule has 0 aromatic heterocycles. The number of benzene rings is 1. The predicted octanol–water partition coefficient (Wildman–Crippen LogP) is -0.623. The molecule has 0 aliphatic carbocycles. The lowest BCUT2D eigenvalue weighted by Crippen LogP contribution is -2.23. The summed E-state index contributed by atoms with van der Waals surface area (Å²) in [5.41, 5.74) is 28.5. The number of para-hydroxylation sites is 1. The Balaban J connectivity index is 0.00000256. The molecule has 0 atom stereocenters. The van der Waals surface area contributed by atoms with Crippen LogP contribution in [-0.2, 0) is 6.54 Å². The fraction of sp³-hybridized carbons (Fsp3) is 0.111. The van der Waals surface area contributed by atoms with E-state index in [1.807, 2.05) is 0 Å². The normalized spacial score (nSPS) is 9.00. The highest BCUT2D eigenvalue weighted by molar-refractivity contribution is 5.86. The molecule has 0 bridgehead atoms. The molecule has 94 valence electrons. The summed E-state index contributed by atoms with van der Waals surface area (Å²) in [4.78, 5) is 7.88. The Morgan fingerprint density at radius 3 is 2.06 bits per heavy atom. The van der Waals surface area contributed by atoms with Crippen molar-refractivity contribution in [2.24, 2.45) is 38.7 Å². The van der Waals surface area contributed by atoms with E-state index in [1.54, 1.807) is 18.2 Å². The second-order valence-electron chi connectivity index (χ2n) is 3.06. The molecule has 0 fully saturated rings. The van der Waals surface area contributed by atoms with Crippen LogP contribution in [0.5, 0.6) is 0 Å². The second-order valence-corrected chi connectivity index (χ2v) is 3.06. The zero-order valence-corrected chi connectivity index (χ0v) is 9.95. The van der Waals surface area contributed by atoms with Crippen LogP contribution < -0.4 is 28.7 Å². The number of nitrogens with two attached hydrogens (primary N) is 5. The van der Waals surface area contributed by atoms with Gasteiger partial charge in [0.2, 0.25) is 0 Å². The first-order chi connectivity index (χ1) is 7.54. The summed E-state index contributed by atoms with van der Waals surface area (Å²) < 4.78 is 0. The summed E-state index contributed by atoms with van der Waals surface area (Å²) in [5, 5.41) is 0. The van der Waals surface area contributed by atoms with Crippen LogP contribution in [0.4, 0.5) is 11.4 Å². The number of nitrogens with zero attached hydrogens (tertiary/aromatic N) is 2. The Morgan fingerprint density at radius 1 is 1.00 bits per heavy atom. The van der Waals surface area contributed by atoms with E-state index in [2.05, 4.69) is 9.98 Å². The van der Waals surface area contributed by atoms with Gasteiger partial charge in [0.25, 0.3) is 0 Å². The Labute approximate surface area is 105 Å². The number of guanidine groups is 2. The maximum atomic E-state index is 5.56. The molecule has 7 nitrogen and oxygen atoms in total. The molecule has 0 aliphatic rings. The van der Waals surface area contributed by atoms with E-state index in [0.717, 1.165) is 5.56 Å². The summed E-state index contributed by atoms with van der Waals surface area (Å²) in [6.07, 6.45) is 0. The van der Waals surface area contributed by atoms with Gasteiger partial charge in [0, 0.05) is 6.54 Å². The highest BCUT2D eigenvalue weighted by Gasteiger charge is 2.06. The molecular formula is C9H16ClN7. The number of hydrogen-bond acceptors (Lipinski definition) is 3. The molecule has 10 N–H and O–H groups in total. The van der Waals surface area contributed by atoms with Crippen LogP contribution in [0.15, 0.2) is 28.2 Å². The van der Waals surface area contributed by atoms with Gasteiger partial charge in [0.1, 0.15) is 0 Å². The quantitative estimate of drug-likeness (QED) is 0.360. The molecule has 17 heavy (non-hydrogen) atoms. The Kier molecular flexibility index (Phi) is 5.79. The van der Waals surface area contributed by atoms with Gasteiger partial charge in [-0.25, -0.2) is 9.98 Å². The van der Waals surface area contributed by atoms with Gasteiger partial charge in [-0.15, -0.1) is 12.4 Å². The third-order valence-corrected chi connectivity index (χ3v) is 1.81. The first kappa shape index (κ1) is 15.0. The van der Waals surface area contributed by atoms with Crippen molar-refractivity contribution in [1.29, 1.82) is 0 Å². The molecular weight excluding hydrogens is 242 g/mol. The molecule has 1 aromatic carbocycles. The highest BCUT2D eigenvalue weighted by atomic mass is 35.5. The molecule has 0 amide bonds. The minimum atomic E-state index is -0.0760. The van der Waals surface area contributed by atoms with Crippen LogP contribution in [0.1, 0.15) is 5.56 Å². The van der Waals surface area contributed by atoms with E-state index >= 15 is 0 Å². The zero-order chi connectivity index (χ0) is 12.1. The van der Waals surface area contributed by atoms with Crippen molar-refractivity contribution in [3.63, 3.8) is 0 Å². The van der Waals surface area contributed by atoms with Crippen LogP contribution in [-0.4, -0.2) is 11.9 Å². The van der Waals surface area contributed by atoms with E-state index in [-0.39, 0.29) is 24.3 Å². The average molecular weight is 258 g/mol. The maximum Gasteiger partial charge on any atom is 0.191 e. The van der Waals surface area contributed by atoms with Crippen molar-refractivity contribution in [3.05, 3.63) is 23.8 Å². The van der Waals surface area contributed by atoms with Crippen molar-refractivity contribution in [3.8, 4) is 0 Å². The van der Waals surface area contributed by atoms with E-state index in [0.29, 0.717) is 17.9 Å². The summed E-state index contributed by atoms with van der Waals surface area (Å²) >= 11 is 0. The van der Waals surface area contributed by atoms with Crippen LogP contribution in [0.25, 0.3) is 0 Å². The SMILES string of the molecule is Cl.NCc1cccc(N=C(N)N)c1N=C(N)N. The monoisotopic (exact) mass is 257 g/mol. The van der Waals surface area contributed by atoms with E-state index < -0.39 is 0 Å². The zero-order valence-electron chi connectivity index (χ0n) is 9.13. The first-order valence-corrected chi connectivity index (χ1v) is 4.55. The van der Waals surface area contributed by atoms with Crippen LogP contribution >= 0.6 is 12.4 Å². The maximum absolute atomic E-state index is 5.56. The van der Waals surface area contributed by atoms with Crippen LogP contribution in [0, 0.1) is 0 Å². The van der Waals surface area contributed by atoms with E-state index in [9.17, 15) is 0 Å². The molecule has 0 spiro atoms. The largest absolute Gasteiger partial charge is 0.370 e. The van der Waals surface area contributed by atoms with Crippen molar-refractivity contribution in [1.82, 2.24) is 0 Å². The summed E-state index contributed by atoms with van der Waals surface area (Å²) in [6.45, 7) is 0.292. The Hall–Kier alpha value is -1.99.